The quantitative estimate of drug-likeness (QED) is 0.905. The lowest BCUT2D eigenvalue weighted by atomic mass is 9.86. The Hall–Kier alpha value is -1.57. The molecule has 1 unspecified atom stereocenters. The molecular weight excluding hydrogens is 287 g/mol. The first-order valence-electron chi connectivity index (χ1n) is 6.82. The molecule has 0 amide bonds. The number of nitrogens with zero attached hydrogens (tertiary/aromatic N) is 3. The molecule has 1 saturated heterocycles. The minimum absolute atomic E-state index is 0.116. The SMILES string of the molecule is CCCn1cc(CN2CCC(C(=O)O)(C(F)(F)F)C2)cn1. The first kappa shape index (κ1) is 15.8. The number of hydrogen-bond donors (Lipinski definition) is 1. The van der Waals surface area contributed by atoms with Crippen molar-refractivity contribution >= 4 is 5.97 Å². The van der Waals surface area contributed by atoms with E-state index in [2.05, 4.69) is 5.10 Å². The van der Waals surface area contributed by atoms with Gasteiger partial charge in [-0.05, 0) is 12.8 Å². The van der Waals surface area contributed by atoms with Gasteiger partial charge in [0.25, 0.3) is 0 Å². The fourth-order valence-electron chi connectivity index (χ4n) is 2.65. The number of hydrogen-bond acceptors (Lipinski definition) is 3. The van der Waals surface area contributed by atoms with Crippen LogP contribution < -0.4 is 0 Å². The summed E-state index contributed by atoms with van der Waals surface area (Å²) in [5.74, 6) is -1.79. The van der Waals surface area contributed by atoms with E-state index < -0.39 is 30.5 Å². The second kappa shape index (κ2) is 5.67. The van der Waals surface area contributed by atoms with Crippen molar-refractivity contribution in [3.8, 4) is 0 Å². The highest BCUT2D eigenvalue weighted by Gasteiger charge is 2.63. The molecule has 0 aliphatic carbocycles. The van der Waals surface area contributed by atoms with Gasteiger partial charge in [-0.15, -0.1) is 0 Å². The zero-order valence-corrected chi connectivity index (χ0v) is 11.7. The van der Waals surface area contributed by atoms with Gasteiger partial charge in [0.1, 0.15) is 0 Å². The molecule has 1 fully saturated rings. The maximum atomic E-state index is 13.1. The molecule has 1 atom stereocenters. The molecule has 0 aromatic carbocycles. The molecule has 1 aromatic rings. The highest BCUT2D eigenvalue weighted by Crippen LogP contribution is 2.45. The van der Waals surface area contributed by atoms with Crippen molar-refractivity contribution in [3.63, 3.8) is 0 Å². The second-order valence-electron chi connectivity index (χ2n) is 5.46. The van der Waals surface area contributed by atoms with Gasteiger partial charge in [0.15, 0.2) is 5.41 Å². The van der Waals surface area contributed by atoms with Crippen molar-refractivity contribution in [2.24, 2.45) is 5.41 Å². The van der Waals surface area contributed by atoms with Crippen molar-refractivity contribution < 1.29 is 23.1 Å². The van der Waals surface area contributed by atoms with Crippen LogP contribution in [-0.2, 0) is 17.9 Å². The summed E-state index contributed by atoms with van der Waals surface area (Å²) in [6, 6.07) is 0. The molecule has 0 saturated carbocycles. The summed E-state index contributed by atoms with van der Waals surface area (Å²) >= 11 is 0. The van der Waals surface area contributed by atoms with Gasteiger partial charge in [-0.2, -0.15) is 18.3 Å². The Morgan fingerprint density at radius 1 is 1.52 bits per heavy atom. The van der Waals surface area contributed by atoms with E-state index in [9.17, 15) is 18.0 Å². The average molecular weight is 305 g/mol. The fraction of sp³-hybridized carbons (Fsp3) is 0.692. The Balaban J connectivity index is 2.05. The van der Waals surface area contributed by atoms with Gasteiger partial charge in [-0.3, -0.25) is 14.4 Å². The van der Waals surface area contributed by atoms with Crippen LogP contribution in [0, 0.1) is 5.41 Å². The van der Waals surface area contributed by atoms with Crippen LogP contribution >= 0.6 is 0 Å². The number of carbonyl (C=O) groups is 1. The number of aromatic nitrogens is 2. The largest absolute Gasteiger partial charge is 0.481 e. The summed E-state index contributed by atoms with van der Waals surface area (Å²) in [5.41, 5.74) is -1.85. The number of alkyl halides is 3. The minimum Gasteiger partial charge on any atom is -0.481 e. The highest BCUT2D eigenvalue weighted by atomic mass is 19.4. The predicted octanol–water partition coefficient (Wildman–Crippen LogP) is 2.13. The molecule has 1 aromatic heterocycles. The number of likely N-dealkylation sites (tertiary alicyclic amines) is 1. The monoisotopic (exact) mass is 305 g/mol. The van der Waals surface area contributed by atoms with Gasteiger partial charge in [0.2, 0.25) is 0 Å². The van der Waals surface area contributed by atoms with Gasteiger partial charge in [0.05, 0.1) is 6.20 Å². The Morgan fingerprint density at radius 2 is 2.24 bits per heavy atom. The summed E-state index contributed by atoms with van der Waals surface area (Å²) in [6.07, 6.45) is -0.822. The Kier molecular flexibility index (Phi) is 4.27. The Morgan fingerprint density at radius 3 is 2.76 bits per heavy atom. The van der Waals surface area contributed by atoms with Crippen molar-refractivity contribution in [3.05, 3.63) is 18.0 Å². The van der Waals surface area contributed by atoms with E-state index in [1.54, 1.807) is 17.1 Å². The maximum Gasteiger partial charge on any atom is 0.406 e. The molecule has 118 valence electrons. The van der Waals surface area contributed by atoms with Crippen LogP contribution in [0.4, 0.5) is 13.2 Å². The van der Waals surface area contributed by atoms with E-state index in [1.807, 2.05) is 6.92 Å². The molecule has 1 aliphatic rings. The van der Waals surface area contributed by atoms with Gasteiger partial charge in [-0.25, -0.2) is 0 Å². The second-order valence-corrected chi connectivity index (χ2v) is 5.46. The molecule has 2 rings (SSSR count). The number of aliphatic carboxylic acids is 1. The van der Waals surface area contributed by atoms with Crippen molar-refractivity contribution in [2.45, 2.75) is 39.0 Å². The molecule has 2 heterocycles. The summed E-state index contributed by atoms with van der Waals surface area (Å²) in [5, 5.41) is 13.1. The smallest absolute Gasteiger partial charge is 0.406 e. The number of carboxylic acid groups (broad SMARTS) is 1. The van der Waals surface area contributed by atoms with Gasteiger partial charge >= 0.3 is 12.1 Å². The van der Waals surface area contributed by atoms with E-state index in [-0.39, 0.29) is 13.1 Å². The number of rotatable bonds is 5. The summed E-state index contributed by atoms with van der Waals surface area (Å²) in [4.78, 5) is 12.6. The topological polar surface area (TPSA) is 58.4 Å². The zero-order valence-electron chi connectivity index (χ0n) is 11.7. The van der Waals surface area contributed by atoms with E-state index >= 15 is 0 Å². The normalized spacial score (nSPS) is 23.6. The van der Waals surface area contributed by atoms with Crippen LogP contribution in [0.1, 0.15) is 25.3 Å². The number of aryl methyl sites for hydroxylation is 1. The van der Waals surface area contributed by atoms with Gasteiger partial charge < -0.3 is 5.11 Å². The summed E-state index contributed by atoms with van der Waals surface area (Å²) in [7, 11) is 0. The third-order valence-corrected chi connectivity index (χ3v) is 3.85. The zero-order chi connectivity index (χ0) is 15.7. The first-order valence-corrected chi connectivity index (χ1v) is 6.82. The Bertz CT molecular complexity index is 515. The standard InChI is InChI=1S/C13H18F3N3O2/c1-2-4-19-8-10(6-17-19)7-18-5-3-12(9-18,11(20)21)13(14,15)16/h6,8H,2-5,7,9H2,1H3,(H,20,21). The molecule has 0 spiro atoms. The van der Waals surface area contributed by atoms with Gasteiger partial charge in [-0.1, -0.05) is 6.92 Å². The number of carboxylic acids is 1. The van der Waals surface area contributed by atoms with Gasteiger partial charge in [0, 0.05) is 37.9 Å². The summed E-state index contributed by atoms with van der Waals surface area (Å²) < 4.78 is 40.9. The summed E-state index contributed by atoms with van der Waals surface area (Å²) in [6.45, 7) is 2.65. The first-order chi connectivity index (χ1) is 9.78. The van der Waals surface area contributed by atoms with E-state index in [4.69, 9.17) is 5.11 Å². The van der Waals surface area contributed by atoms with Crippen LogP contribution in [0.15, 0.2) is 12.4 Å². The van der Waals surface area contributed by atoms with Crippen molar-refractivity contribution in [1.82, 2.24) is 14.7 Å². The molecule has 0 bridgehead atoms. The molecule has 1 N–H and O–H groups in total. The van der Waals surface area contributed by atoms with Crippen LogP contribution in [-0.4, -0.2) is 45.0 Å². The predicted molar refractivity (Wildman–Crippen MR) is 68.5 cm³/mol. The lowest BCUT2D eigenvalue weighted by molar-refractivity contribution is -0.227. The molecule has 21 heavy (non-hydrogen) atoms. The lowest BCUT2D eigenvalue weighted by Gasteiger charge is -2.27. The van der Waals surface area contributed by atoms with Crippen LogP contribution in [0.3, 0.4) is 0 Å². The van der Waals surface area contributed by atoms with Crippen LogP contribution in [0.5, 0.6) is 0 Å². The molecule has 8 heteroatoms. The maximum absolute atomic E-state index is 13.1. The van der Waals surface area contributed by atoms with Crippen LogP contribution in [0.2, 0.25) is 0 Å². The lowest BCUT2D eigenvalue weighted by Crippen LogP contribution is -2.47. The highest BCUT2D eigenvalue weighted by molar-refractivity contribution is 5.76. The fourth-order valence-corrected chi connectivity index (χ4v) is 2.65. The van der Waals surface area contributed by atoms with Crippen LogP contribution in [0.25, 0.3) is 0 Å². The van der Waals surface area contributed by atoms with Crippen molar-refractivity contribution in [2.75, 3.05) is 13.1 Å². The third-order valence-electron chi connectivity index (χ3n) is 3.85. The molecule has 0 radical (unpaired) electrons. The van der Waals surface area contributed by atoms with E-state index in [0.29, 0.717) is 0 Å². The third kappa shape index (κ3) is 3.04. The molecule has 1 aliphatic heterocycles. The van der Waals surface area contributed by atoms with E-state index in [0.717, 1.165) is 18.5 Å². The Labute approximate surface area is 120 Å². The average Bonchev–Trinajstić information content (AvgIpc) is 2.97. The van der Waals surface area contributed by atoms with Crippen molar-refractivity contribution in [1.29, 1.82) is 0 Å². The van der Waals surface area contributed by atoms with E-state index in [1.165, 1.54) is 4.90 Å². The molecular formula is C13H18F3N3O2. The number of halogens is 3. The molecule has 5 nitrogen and oxygen atoms in total. The minimum atomic E-state index is -4.74.